The number of allylic oxidation sites excluding steroid dienone is 2. The Labute approximate surface area is 142 Å². The summed E-state index contributed by atoms with van der Waals surface area (Å²) in [5.41, 5.74) is 3.02. The Morgan fingerprint density at radius 2 is 1.62 bits per heavy atom. The van der Waals surface area contributed by atoms with Crippen LogP contribution in [0.25, 0.3) is 11.6 Å². The van der Waals surface area contributed by atoms with Crippen LogP contribution in [-0.4, -0.2) is 18.4 Å². The molecule has 2 rings (SSSR count). The molecule has 0 radical (unpaired) electrons. The van der Waals surface area contributed by atoms with Gasteiger partial charge in [-0.15, -0.1) is 0 Å². The van der Waals surface area contributed by atoms with Gasteiger partial charge in [0.1, 0.15) is 0 Å². The van der Waals surface area contributed by atoms with Gasteiger partial charge < -0.3 is 4.74 Å². The number of esters is 1. The van der Waals surface area contributed by atoms with E-state index in [1.807, 2.05) is 43.3 Å². The van der Waals surface area contributed by atoms with Crippen LogP contribution >= 0.6 is 0 Å². The summed E-state index contributed by atoms with van der Waals surface area (Å²) in [5.74, 6) is -0.400. The summed E-state index contributed by atoms with van der Waals surface area (Å²) in [5, 5.41) is 0. The van der Waals surface area contributed by atoms with E-state index in [-0.39, 0.29) is 11.8 Å². The second-order valence-electron chi connectivity index (χ2n) is 5.10. The molecule has 2 aromatic rings. The molecule has 3 heteroatoms. The van der Waals surface area contributed by atoms with E-state index in [4.69, 9.17) is 4.74 Å². The van der Waals surface area contributed by atoms with Gasteiger partial charge in [0.05, 0.1) is 6.61 Å². The molecule has 0 saturated heterocycles. The van der Waals surface area contributed by atoms with Gasteiger partial charge in [-0.2, -0.15) is 0 Å². The average Bonchev–Trinajstić information content (AvgIpc) is 2.62. The molecule has 2 aromatic carbocycles. The Bertz CT molecular complexity index is 753. The lowest BCUT2D eigenvalue weighted by atomic mass is 9.96. The highest BCUT2D eigenvalue weighted by Gasteiger charge is 2.12. The molecule has 0 spiro atoms. The molecule has 3 nitrogen and oxygen atoms in total. The number of Topliss-reactive ketones (excluding diaryl/α,β-unsaturated/α-hetero) is 1. The quantitative estimate of drug-likeness (QED) is 0.445. The van der Waals surface area contributed by atoms with E-state index < -0.39 is 0 Å². The van der Waals surface area contributed by atoms with Crippen LogP contribution < -0.4 is 0 Å². The molecule has 0 aromatic heterocycles. The van der Waals surface area contributed by atoms with Crippen LogP contribution in [0.3, 0.4) is 0 Å². The standard InChI is InChI=1S/C21H20O3/c1-3-19(17-8-6-5-7-9-17)21(23)18-13-10-16(11-14-18)12-15-20(22)24-4-2/h3,5-15H,4H2,1-2H3/b15-12+,19-3-. The summed E-state index contributed by atoms with van der Waals surface area (Å²) in [6.07, 6.45) is 4.87. The molecule has 0 bridgehead atoms. The van der Waals surface area contributed by atoms with Crippen molar-refractivity contribution in [2.45, 2.75) is 13.8 Å². The first kappa shape index (κ1) is 17.4. The summed E-state index contributed by atoms with van der Waals surface area (Å²) < 4.78 is 4.83. The number of hydrogen-bond acceptors (Lipinski definition) is 3. The zero-order valence-corrected chi connectivity index (χ0v) is 13.9. The van der Waals surface area contributed by atoms with E-state index in [9.17, 15) is 9.59 Å². The maximum Gasteiger partial charge on any atom is 0.330 e. The van der Waals surface area contributed by atoms with Gasteiger partial charge in [0, 0.05) is 17.2 Å². The van der Waals surface area contributed by atoms with Gasteiger partial charge in [0.2, 0.25) is 0 Å². The van der Waals surface area contributed by atoms with Gasteiger partial charge in [0.25, 0.3) is 0 Å². The fraction of sp³-hybridized carbons (Fsp3) is 0.143. The Kier molecular flexibility index (Phi) is 6.26. The summed E-state index contributed by atoms with van der Waals surface area (Å²) in [4.78, 5) is 24.0. The summed E-state index contributed by atoms with van der Waals surface area (Å²) in [6.45, 7) is 3.97. The zero-order chi connectivity index (χ0) is 17.4. The zero-order valence-electron chi connectivity index (χ0n) is 13.9. The lowest BCUT2D eigenvalue weighted by molar-refractivity contribution is -0.137. The maximum absolute atomic E-state index is 12.7. The molecule has 0 aliphatic rings. The van der Waals surface area contributed by atoms with Crippen LogP contribution in [0.1, 0.15) is 35.3 Å². The molecule has 24 heavy (non-hydrogen) atoms. The summed E-state index contributed by atoms with van der Waals surface area (Å²) in [6, 6.07) is 16.7. The number of ether oxygens (including phenoxy) is 1. The van der Waals surface area contributed by atoms with Crippen molar-refractivity contribution in [2.75, 3.05) is 6.61 Å². The minimum Gasteiger partial charge on any atom is -0.463 e. The van der Waals surface area contributed by atoms with Gasteiger partial charge in [-0.05, 0) is 31.1 Å². The number of carbonyl (C=O) groups is 2. The molecule has 0 aliphatic heterocycles. The van der Waals surface area contributed by atoms with Crippen LogP contribution in [0.2, 0.25) is 0 Å². The Balaban J connectivity index is 2.15. The van der Waals surface area contributed by atoms with Crippen LogP contribution in [0.4, 0.5) is 0 Å². The van der Waals surface area contributed by atoms with Crippen molar-refractivity contribution in [1.82, 2.24) is 0 Å². The van der Waals surface area contributed by atoms with Crippen LogP contribution in [-0.2, 0) is 9.53 Å². The highest BCUT2D eigenvalue weighted by Crippen LogP contribution is 2.20. The molecule has 0 unspecified atom stereocenters. The topological polar surface area (TPSA) is 43.4 Å². The number of rotatable bonds is 6. The highest BCUT2D eigenvalue weighted by atomic mass is 16.5. The van der Waals surface area contributed by atoms with Crippen molar-refractivity contribution >= 4 is 23.4 Å². The third-order valence-electron chi connectivity index (χ3n) is 3.49. The van der Waals surface area contributed by atoms with Crippen molar-refractivity contribution in [3.05, 3.63) is 83.4 Å². The van der Waals surface area contributed by atoms with E-state index in [1.165, 1.54) is 6.08 Å². The monoisotopic (exact) mass is 320 g/mol. The van der Waals surface area contributed by atoms with E-state index in [0.29, 0.717) is 17.7 Å². The van der Waals surface area contributed by atoms with Gasteiger partial charge in [0.15, 0.2) is 5.78 Å². The Morgan fingerprint density at radius 3 is 2.21 bits per heavy atom. The lowest BCUT2D eigenvalue weighted by Crippen LogP contribution is -2.02. The SMILES string of the molecule is C/C=C(\C(=O)c1ccc(/C=C/C(=O)OCC)cc1)c1ccccc1. The second-order valence-corrected chi connectivity index (χ2v) is 5.10. The molecule has 0 saturated carbocycles. The third kappa shape index (κ3) is 4.53. The summed E-state index contributed by atoms with van der Waals surface area (Å²) >= 11 is 0. The number of hydrogen-bond donors (Lipinski definition) is 0. The normalized spacial score (nSPS) is 11.5. The highest BCUT2D eigenvalue weighted by molar-refractivity contribution is 6.28. The minimum atomic E-state index is -0.377. The molecule has 0 atom stereocenters. The van der Waals surface area contributed by atoms with Crippen molar-refractivity contribution in [1.29, 1.82) is 0 Å². The Hall–Kier alpha value is -2.94. The maximum atomic E-state index is 12.7. The lowest BCUT2D eigenvalue weighted by Gasteiger charge is -2.07. The predicted octanol–water partition coefficient (Wildman–Crippen LogP) is 4.55. The van der Waals surface area contributed by atoms with Gasteiger partial charge in [-0.1, -0.05) is 60.7 Å². The van der Waals surface area contributed by atoms with Crippen molar-refractivity contribution in [3.8, 4) is 0 Å². The van der Waals surface area contributed by atoms with Crippen molar-refractivity contribution in [2.24, 2.45) is 0 Å². The first-order valence-electron chi connectivity index (χ1n) is 7.87. The molecule has 0 N–H and O–H groups in total. The van der Waals surface area contributed by atoms with E-state index in [2.05, 4.69) is 0 Å². The van der Waals surface area contributed by atoms with E-state index >= 15 is 0 Å². The van der Waals surface area contributed by atoms with Crippen molar-refractivity contribution < 1.29 is 14.3 Å². The van der Waals surface area contributed by atoms with Crippen LogP contribution in [0.15, 0.2) is 66.7 Å². The molecule has 0 amide bonds. The van der Waals surface area contributed by atoms with Crippen molar-refractivity contribution in [3.63, 3.8) is 0 Å². The van der Waals surface area contributed by atoms with E-state index in [0.717, 1.165) is 11.1 Å². The molecule has 122 valence electrons. The fourth-order valence-electron chi connectivity index (χ4n) is 2.30. The van der Waals surface area contributed by atoms with Gasteiger partial charge in [-0.3, -0.25) is 4.79 Å². The van der Waals surface area contributed by atoms with Crippen LogP contribution in [0.5, 0.6) is 0 Å². The number of benzene rings is 2. The van der Waals surface area contributed by atoms with Crippen LogP contribution in [0, 0.1) is 0 Å². The largest absolute Gasteiger partial charge is 0.463 e. The fourth-order valence-corrected chi connectivity index (χ4v) is 2.30. The smallest absolute Gasteiger partial charge is 0.330 e. The van der Waals surface area contributed by atoms with Gasteiger partial charge in [-0.25, -0.2) is 4.79 Å². The molecule has 0 heterocycles. The molecule has 0 fully saturated rings. The first-order valence-corrected chi connectivity index (χ1v) is 7.87. The molecular weight excluding hydrogens is 300 g/mol. The van der Waals surface area contributed by atoms with Gasteiger partial charge >= 0.3 is 5.97 Å². The molecule has 0 aliphatic carbocycles. The first-order chi connectivity index (χ1) is 11.7. The minimum absolute atomic E-state index is 0.0235. The number of carbonyl (C=O) groups excluding carboxylic acids is 2. The Morgan fingerprint density at radius 1 is 0.958 bits per heavy atom. The second kappa shape index (κ2) is 8.63. The number of ketones is 1. The van der Waals surface area contributed by atoms with E-state index in [1.54, 1.807) is 37.3 Å². The summed E-state index contributed by atoms with van der Waals surface area (Å²) in [7, 11) is 0. The average molecular weight is 320 g/mol. The predicted molar refractivity (Wildman–Crippen MR) is 96.5 cm³/mol. The third-order valence-corrected chi connectivity index (χ3v) is 3.49. The molecular formula is C21H20O3.